The van der Waals surface area contributed by atoms with Gasteiger partial charge in [-0.1, -0.05) is 13.8 Å². The molecule has 3 atom stereocenters. The zero-order chi connectivity index (χ0) is 11.0. The van der Waals surface area contributed by atoms with Gasteiger partial charge >= 0.3 is 0 Å². The van der Waals surface area contributed by atoms with E-state index in [2.05, 4.69) is 24.5 Å². The smallest absolute Gasteiger partial charge is 0.241 e. The summed E-state index contributed by atoms with van der Waals surface area (Å²) in [6.45, 7) is 6.24. The van der Waals surface area contributed by atoms with Crippen LogP contribution in [-0.2, 0) is 4.79 Å². The molecule has 0 bridgehead atoms. The molecule has 2 fully saturated rings. The summed E-state index contributed by atoms with van der Waals surface area (Å²) in [5.41, 5.74) is 0. The lowest BCUT2D eigenvalue weighted by molar-refractivity contribution is -0.140. The van der Waals surface area contributed by atoms with Crippen LogP contribution in [0, 0.1) is 5.92 Å². The summed E-state index contributed by atoms with van der Waals surface area (Å²) in [5, 5.41) is 6.75. The van der Waals surface area contributed by atoms with Crippen LogP contribution >= 0.6 is 0 Å². The van der Waals surface area contributed by atoms with E-state index in [9.17, 15) is 4.79 Å². The monoisotopic (exact) mass is 211 g/mol. The van der Waals surface area contributed by atoms with Crippen LogP contribution in [0.15, 0.2) is 0 Å². The molecular formula is C11H21N3O. The number of likely N-dealkylation sites (tertiary alicyclic amines) is 1. The van der Waals surface area contributed by atoms with Crippen molar-refractivity contribution < 1.29 is 4.79 Å². The van der Waals surface area contributed by atoms with Crippen molar-refractivity contribution in [2.45, 2.75) is 38.4 Å². The molecule has 0 aromatic carbocycles. The Kier molecular flexibility index (Phi) is 2.98. The molecule has 2 aliphatic rings. The van der Waals surface area contributed by atoms with Gasteiger partial charge in [0.25, 0.3) is 0 Å². The van der Waals surface area contributed by atoms with Gasteiger partial charge in [-0.2, -0.15) is 0 Å². The molecule has 0 aliphatic carbocycles. The van der Waals surface area contributed by atoms with Crippen LogP contribution in [0.25, 0.3) is 0 Å². The molecule has 0 aromatic heterocycles. The highest BCUT2D eigenvalue weighted by Gasteiger charge is 2.41. The van der Waals surface area contributed by atoms with Gasteiger partial charge in [0, 0.05) is 32.2 Å². The SMILES string of the molecule is CC(C)C1CC2NCCNC2C(=O)N1C. The molecule has 1 amide bonds. The Hall–Kier alpha value is -0.610. The van der Waals surface area contributed by atoms with Crippen molar-refractivity contribution >= 4 is 5.91 Å². The molecule has 2 N–H and O–H groups in total. The summed E-state index contributed by atoms with van der Waals surface area (Å²) < 4.78 is 0. The molecule has 0 spiro atoms. The quantitative estimate of drug-likeness (QED) is 0.631. The average Bonchev–Trinajstić information content (AvgIpc) is 2.23. The normalized spacial score (nSPS) is 36.9. The van der Waals surface area contributed by atoms with Crippen LogP contribution < -0.4 is 10.6 Å². The van der Waals surface area contributed by atoms with Crippen LogP contribution in [0.3, 0.4) is 0 Å². The number of fused-ring (bicyclic) bond motifs is 1. The predicted molar refractivity (Wildman–Crippen MR) is 59.6 cm³/mol. The minimum absolute atomic E-state index is 0.00116. The van der Waals surface area contributed by atoms with E-state index in [1.165, 1.54) is 0 Å². The van der Waals surface area contributed by atoms with E-state index in [4.69, 9.17) is 0 Å². The lowest BCUT2D eigenvalue weighted by atomic mass is 9.86. The van der Waals surface area contributed by atoms with Gasteiger partial charge in [0.15, 0.2) is 0 Å². The third kappa shape index (κ3) is 1.88. The van der Waals surface area contributed by atoms with Gasteiger partial charge in [0.05, 0.1) is 0 Å². The van der Waals surface area contributed by atoms with Gasteiger partial charge in [-0.05, 0) is 12.3 Å². The van der Waals surface area contributed by atoms with Crippen molar-refractivity contribution in [2.24, 2.45) is 5.92 Å². The number of rotatable bonds is 1. The second-order valence-electron chi connectivity index (χ2n) is 4.99. The van der Waals surface area contributed by atoms with Gasteiger partial charge in [0.2, 0.25) is 5.91 Å². The fraction of sp³-hybridized carbons (Fsp3) is 0.909. The van der Waals surface area contributed by atoms with E-state index >= 15 is 0 Å². The third-order valence-corrected chi connectivity index (χ3v) is 3.67. The molecule has 0 aromatic rings. The number of amides is 1. The maximum Gasteiger partial charge on any atom is 0.241 e. The number of piperazine rings is 1. The van der Waals surface area contributed by atoms with Crippen molar-refractivity contribution in [3.05, 3.63) is 0 Å². The fourth-order valence-corrected chi connectivity index (χ4v) is 2.74. The minimum Gasteiger partial charge on any atom is -0.341 e. The molecule has 2 rings (SSSR count). The second-order valence-corrected chi connectivity index (χ2v) is 4.99. The first-order valence-corrected chi connectivity index (χ1v) is 5.84. The minimum atomic E-state index is -0.00116. The Labute approximate surface area is 91.4 Å². The summed E-state index contributed by atoms with van der Waals surface area (Å²) in [6, 6.07) is 0.708. The zero-order valence-electron chi connectivity index (χ0n) is 9.79. The van der Waals surface area contributed by atoms with Crippen LogP contribution in [0.4, 0.5) is 0 Å². The average molecular weight is 211 g/mol. The molecule has 86 valence electrons. The Balaban J connectivity index is 2.13. The molecule has 3 unspecified atom stereocenters. The van der Waals surface area contributed by atoms with Gasteiger partial charge in [-0.25, -0.2) is 0 Å². The van der Waals surface area contributed by atoms with Crippen molar-refractivity contribution in [1.29, 1.82) is 0 Å². The molecule has 4 heteroatoms. The molecule has 2 aliphatic heterocycles. The van der Waals surface area contributed by atoms with E-state index in [0.717, 1.165) is 19.5 Å². The largest absolute Gasteiger partial charge is 0.341 e. The molecule has 4 nitrogen and oxygen atoms in total. The Morgan fingerprint density at radius 1 is 1.33 bits per heavy atom. The summed E-state index contributed by atoms with van der Waals surface area (Å²) >= 11 is 0. The first-order valence-electron chi connectivity index (χ1n) is 5.84. The summed E-state index contributed by atoms with van der Waals surface area (Å²) in [4.78, 5) is 14.0. The lowest BCUT2D eigenvalue weighted by Crippen LogP contribution is -2.68. The maximum atomic E-state index is 12.1. The number of carbonyl (C=O) groups excluding carboxylic acids is 1. The van der Waals surface area contributed by atoms with Crippen LogP contribution in [0.2, 0.25) is 0 Å². The molecule has 2 saturated heterocycles. The third-order valence-electron chi connectivity index (χ3n) is 3.67. The van der Waals surface area contributed by atoms with Crippen molar-refractivity contribution in [1.82, 2.24) is 15.5 Å². The first-order chi connectivity index (χ1) is 7.11. The highest BCUT2D eigenvalue weighted by atomic mass is 16.2. The lowest BCUT2D eigenvalue weighted by Gasteiger charge is -2.46. The van der Waals surface area contributed by atoms with E-state index in [-0.39, 0.29) is 11.9 Å². The Morgan fingerprint density at radius 2 is 2.00 bits per heavy atom. The van der Waals surface area contributed by atoms with E-state index < -0.39 is 0 Å². The number of hydrogen-bond acceptors (Lipinski definition) is 3. The number of nitrogens with zero attached hydrogens (tertiary/aromatic N) is 1. The summed E-state index contributed by atoms with van der Waals surface area (Å²) in [6.07, 6.45) is 1.07. The fourth-order valence-electron chi connectivity index (χ4n) is 2.74. The first kappa shape index (κ1) is 10.9. The van der Waals surface area contributed by atoms with Crippen LogP contribution in [0.1, 0.15) is 20.3 Å². The van der Waals surface area contributed by atoms with E-state index in [1.54, 1.807) is 0 Å². The molecular weight excluding hydrogens is 190 g/mol. The standard InChI is InChI=1S/C11H21N3O/c1-7(2)9-6-8-10(11(15)14(9)3)13-5-4-12-8/h7-10,12-13H,4-6H2,1-3H3. The summed E-state index contributed by atoms with van der Waals surface area (Å²) in [5.74, 6) is 0.778. The van der Waals surface area contributed by atoms with Gasteiger partial charge in [-0.3, -0.25) is 4.79 Å². The van der Waals surface area contributed by atoms with Gasteiger partial charge < -0.3 is 15.5 Å². The zero-order valence-corrected chi connectivity index (χ0v) is 9.79. The van der Waals surface area contributed by atoms with Crippen molar-refractivity contribution in [3.8, 4) is 0 Å². The number of likely N-dealkylation sites (N-methyl/N-ethyl adjacent to an activating group) is 1. The Morgan fingerprint density at radius 3 is 2.67 bits per heavy atom. The predicted octanol–water partition coefficient (Wildman–Crippen LogP) is -0.197. The highest BCUT2D eigenvalue weighted by Crippen LogP contribution is 2.24. The molecule has 2 heterocycles. The number of nitrogens with one attached hydrogen (secondary N) is 2. The van der Waals surface area contributed by atoms with Crippen LogP contribution in [-0.4, -0.2) is 49.1 Å². The van der Waals surface area contributed by atoms with E-state index in [0.29, 0.717) is 18.0 Å². The molecule has 0 saturated carbocycles. The number of piperidine rings is 1. The topological polar surface area (TPSA) is 44.4 Å². The number of carbonyl (C=O) groups is 1. The van der Waals surface area contributed by atoms with Gasteiger partial charge in [0.1, 0.15) is 6.04 Å². The summed E-state index contributed by atoms with van der Waals surface area (Å²) in [7, 11) is 1.93. The number of hydrogen-bond donors (Lipinski definition) is 2. The molecule has 0 radical (unpaired) electrons. The highest BCUT2D eigenvalue weighted by molar-refractivity contribution is 5.84. The second kappa shape index (κ2) is 4.10. The van der Waals surface area contributed by atoms with Gasteiger partial charge in [-0.15, -0.1) is 0 Å². The van der Waals surface area contributed by atoms with E-state index in [1.807, 2.05) is 11.9 Å². The van der Waals surface area contributed by atoms with Crippen molar-refractivity contribution in [3.63, 3.8) is 0 Å². The molecule has 15 heavy (non-hydrogen) atoms. The van der Waals surface area contributed by atoms with Crippen LogP contribution in [0.5, 0.6) is 0 Å². The van der Waals surface area contributed by atoms with Crippen molar-refractivity contribution in [2.75, 3.05) is 20.1 Å². The Bertz CT molecular complexity index is 254. The maximum absolute atomic E-state index is 12.1.